The van der Waals surface area contributed by atoms with Crippen molar-refractivity contribution >= 4 is 27.3 Å². The van der Waals surface area contributed by atoms with Crippen molar-refractivity contribution in [2.24, 2.45) is 0 Å². The molecule has 0 N–H and O–H groups in total. The van der Waals surface area contributed by atoms with Crippen molar-refractivity contribution in [1.82, 2.24) is 9.55 Å². The van der Waals surface area contributed by atoms with E-state index in [9.17, 15) is 9.59 Å². The van der Waals surface area contributed by atoms with Gasteiger partial charge >= 0.3 is 0 Å². The van der Waals surface area contributed by atoms with Crippen LogP contribution in [0.4, 0.5) is 0 Å². The average molecular weight is 340 g/mol. The minimum Gasteiger partial charge on any atom is -0.292 e. The number of rotatable bonds is 4. The van der Waals surface area contributed by atoms with Crippen LogP contribution in [-0.4, -0.2) is 15.3 Å². The second-order valence-electron chi connectivity index (χ2n) is 6.14. The largest absolute Gasteiger partial charge is 0.292 e. The van der Waals surface area contributed by atoms with Crippen LogP contribution in [0.1, 0.15) is 38.8 Å². The molecule has 0 fully saturated rings. The Morgan fingerprint density at radius 1 is 1.12 bits per heavy atom. The van der Waals surface area contributed by atoms with Gasteiger partial charge in [0, 0.05) is 10.4 Å². The fraction of sp³-hybridized carbons (Fsp3) is 0.316. The molecule has 0 atom stereocenters. The number of carbonyl (C=O) groups is 1. The van der Waals surface area contributed by atoms with Crippen LogP contribution in [0.15, 0.2) is 29.3 Å². The molecular formula is C19H20N2O2S. The summed E-state index contributed by atoms with van der Waals surface area (Å²) in [6.45, 7) is 8.01. The van der Waals surface area contributed by atoms with Crippen LogP contribution in [0, 0.1) is 20.8 Å². The number of carbonyl (C=O) groups excluding carboxylic acids is 1. The Balaban J connectivity index is 1.98. The maximum absolute atomic E-state index is 12.7. The normalized spacial score (nSPS) is 11.2. The van der Waals surface area contributed by atoms with E-state index in [1.165, 1.54) is 22.2 Å². The molecule has 3 rings (SSSR count). The summed E-state index contributed by atoms with van der Waals surface area (Å²) in [5.74, 6) is -0.0650. The summed E-state index contributed by atoms with van der Waals surface area (Å²) in [5, 5.41) is 0.601. The minimum absolute atomic E-state index is 0.0163. The SMILES string of the molecule is CCc1cc2c(=O)n(CC(=O)c3cc(C)c(C)cc3C)cnc2s1. The maximum Gasteiger partial charge on any atom is 0.262 e. The first kappa shape index (κ1) is 16.6. The van der Waals surface area contributed by atoms with E-state index >= 15 is 0 Å². The third kappa shape index (κ3) is 2.91. The molecule has 0 saturated carbocycles. The fourth-order valence-electron chi connectivity index (χ4n) is 2.80. The summed E-state index contributed by atoms with van der Waals surface area (Å²) in [6, 6.07) is 5.81. The van der Waals surface area contributed by atoms with E-state index in [1.54, 1.807) is 0 Å². The Morgan fingerprint density at radius 2 is 1.83 bits per heavy atom. The van der Waals surface area contributed by atoms with Crippen LogP contribution < -0.4 is 5.56 Å². The van der Waals surface area contributed by atoms with E-state index in [2.05, 4.69) is 11.9 Å². The summed E-state index contributed by atoms with van der Waals surface area (Å²) in [4.78, 5) is 31.5. The van der Waals surface area contributed by atoms with Gasteiger partial charge in [0.2, 0.25) is 0 Å². The number of Topliss-reactive ketones (excluding diaryl/α,β-unsaturated/α-hetero) is 1. The zero-order valence-corrected chi connectivity index (χ0v) is 15.2. The molecule has 2 heterocycles. The summed E-state index contributed by atoms with van der Waals surface area (Å²) < 4.78 is 1.41. The number of hydrogen-bond acceptors (Lipinski definition) is 4. The molecule has 0 aliphatic heterocycles. The van der Waals surface area contributed by atoms with Gasteiger partial charge in [-0.3, -0.25) is 14.2 Å². The Morgan fingerprint density at radius 3 is 2.54 bits per heavy atom. The van der Waals surface area contributed by atoms with Gasteiger partial charge in [0.05, 0.1) is 18.3 Å². The number of thiophene rings is 1. The number of ketones is 1. The van der Waals surface area contributed by atoms with Gasteiger partial charge in [-0.2, -0.15) is 0 Å². The molecule has 3 aromatic rings. The van der Waals surface area contributed by atoms with Gasteiger partial charge in [0.1, 0.15) is 4.83 Å². The van der Waals surface area contributed by atoms with Gasteiger partial charge in [0.25, 0.3) is 5.56 Å². The molecule has 0 unspecified atom stereocenters. The molecule has 0 aliphatic carbocycles. The summed E-state index contributed by atoms with van der Waals surface area (Å²) in [7, 11) is 0. The van der Waals surface area contributed by atoms with Crippen molar-refractivity contribution in [1.29, 1.82) is 0 Å². The van der Waals surface area contributed by atoms with Gasteiger partial charge in [-0.1, -0.05) is 13.0 Å². The van der Waals surface area contributed by atoms with Crippen molar-refractivity contribution in [2.45, 2.75) is 40.7 Å². The average Bonchev–Trinajstić information content (AvgIpc) is 2.97. The van der Waals surface area contributed by atoms with Gasteiger partial charge in [0.15, 0.2) is 5.78 Å². The molecule has 1 aromatic carbocycles. The Labute approximate surface area is 144 Å². The first-order valence-corrected chi connectivity index (χ1v) is 8.81. The summed E-state index contributed by atoms with van der Waals surface area (Å²) in [6.07, 6.45) is 2.36. The highest BCUT2D eigenvalue weighted by Gasteiger charge is 2.14. The van der Waals surface area contributed by atoms with E-state index in [0.29, 0.717) is 10.9 Å². The quantitative estimate of drug-likeness (QED) is 0.678. The number of nitrogens with zero attached hydrogens (tertiary/aromatic N) is 2. The van der Waals surface area contributed by atoms with Crippen molar-refractivity contribution < 1.29 is 4.79 Å². The Hall–Kier alpha value is -2.27. The van der Waals surface area contributed by atoms with E-state index < -0.39 is 0 Å². The lowest BCUT2D eigenvalue weighted by molar-refractivity contribution is 0.0970. The van der Waals surface area contributed by atoms with Gasteiger partial charge < -0.3 is 0 Å². The summed E-state index contributed by atoms with van der Waals surface area (Å²) >= 11 is 1.53. The molecular weight excluding hydrogens is 320 g/mol. The third-order valence-electron chi connectivity index (χ3n) is 4.37. The number of fused-ring (bicyclic) bond motifs is 1. The smallest absolute Gasteiger partial charge is 0.262 e. The van der Waals surface area contributed by atoms with Crippen LogP contribution in [0.25, 0.3) is 10.2 Å². The van der Waals surface area contributed by atoms with E-state index in [0.717, 1.165) is 32.8 Å². The highest BCUT2D eigenvalue weighted by atomic mass is 32.1. The minimum atomic E-state index is -0.147. The van der Waals surface area contributed by atoms with Crippen LogP contribution >= 0.6 is 11.3 Å². The molecule has 0 aliphatic rings. The molecule has 0 spiro atoms. The second-order valence-corrected chi connectivity index (χ2v) is 7.25. The Kier molecular flexibility index (Phi) is 4.37. The predicted octanol–water partition coefficient (Wildman–Crippen LogP) is 3.83. The highest BCUT2D eigenvalue weighted by Crippen LogP contribution is 2.21. The fourth-order valence-corrected chi connectivity index (χ4v) is 3.72. The molecule has 24 heavy (non-hydrogen) atoms. The number of aromatic nitrogens is 2. The van der Waals surface area contributed by atoms with Gasteiger partial charge in [-0.05, 0) is 56.0 Å². The molecule has 4 nitrogen and oxygen atoms in total. The standard InChI is InChI=1S/C19H20N2O2S/c1-5-14-8-16-18(24-14)20-10-21(19(16)23)9-17(22)15-7-12(3)11(2)6-13(15)4/h6-8,10H,5,9H2,1-4H3. The number of benzene rings is 1. The monoisotopic (exact) mass is 340 g/mol. The topological polar surface area (TPSA) is 52.0 Å². The summed E-state index contributed by atoms with van der Waals surface area (Å²) in [5.41, 5.74) is 3.70. The van der Waals surface area contributed by atoms with Gasteiger partial charge in [-0.15, -0.1) is 11.3 Å². The molecule has 0 radical (unpaired) electrons. The molecule has 124 valence electrons. The highest BCUT2D eigenvalue weighted by molar-refractivity contribution is 7.18. The zero-order chi connectivity index (χ0) is 17.4. The zero-order valence-electron chi connectivity index (χ0n) is 14.3. The molecule has 5 heteroatoms. The van der Waals surface area contributed by atoms with Crippen LogP contribution in [0.2, 0.25) is 0 Å². The van der Waals surface area contributed by atoms with Crippen LogP contribution in [-0.2, 0) is 13.0 Å². The van der Waals surface area contributed by atoms with Gasteiger partial charge in [-0.25, -0.2) is 4.98 Å². The number of aryl methyl sites for hydroxylation is 4. The number of hydrogen-bond donors (Lipinski definition) is 0. The molecule has 0 saturated heterocycles. The first-order chi connectivity index (χ1) is 11.4. The van der Waals surface area contributed by atoms with E-state index in [-0.39, 0.29) is 17.9 Å². The molecule has 0 amide bonds. The maximum atomic E-state index is 12.7. The lowest BCUT2D eigenvalue weighted by Gasteiger charge is -2.10. The second kappa shape index (κ2) is 6.32. The van der Waals surface area contributed by atoms with E-state index in [1.807, 2.05) is 39.0 Å². The van der Waals surface area contributed by atoms with Crippen molar-refractivity contribution in [2.75, 3.05) is 0 Å². The van der Waals surface area contributed by atoms with Crippen molar-refractivity contribution in [3.8, 4) is 0 Å². The van der Waals surface area contributed by atoms with Crippen LogP contribution in [0.5, 0.6) is 0 Å². The van der Waals surface area contributed by atoms with Crippen molar-refractivity contribution in [3.63, 3.8) is 0 Å². The van der Waals surface area contributed by atoms with Crippen molar-refractivity contribution in [3.05, 3.63) is 62.0 Å². The lowest BCUT2D eigenvalue weighted by atomic mass is 9.98. The Bertz CT molecular complexity index is 999. The predicted molar refractivity (Wildman–Crippen MR) is 98.2 cm³/mol. The lowest BCUT2D eigenvalue weighted by Crippen LogP contribution is -2.24. The molecule has 0 bridgehead atoms. The van der Waals surface area contributed by atoms with E-state index in [4.69, 9.17) is 0 Å². The molecule has 2 aromatic heterocycles. The first-order valence-electron chi connectivity index (χ1n) is 7.99. The third-order valence-corrected chi connectivity index (χ3v) is 5.56. The van der Waals surface area contributed by atoms with Crippen LogP contribution in [0.3, 0.4) is 0 Å².